The molecule has 1 unspecified atom stereocenters. The molecule has 0 saturated carbocycles. The number of aromatic carboxylic acids is 1. The first-order valence-electron chi connectivity index (χ1n) is 5.39. The summed E-state index contributed by atoms with van der Waals surface area (Å²) >= 11 is 0. The maximum atomic E-state index is 11.6. The van der Waals surface area contributed by atoms with Crippen LogP contribution in [0, 0.1) is 0 Å². The molecule has 1 amide bonds. The van der Waals surface area contributed by atoms with E-state index in [9.17, 15) is 9.59 Å². The number of amides is 1. The van der Waals surface area contributed by atoms with Gasteiger partial charge >= 0.3 is 12.1 Å². The SMILES string of the molecule is CC1CCOC(=O)N1c1cccc(C(=O)O)c1. The van der Waals surface area contributed by atoms with Crippen molar-refractivity contribution in [2.75, 3.05) is 11.5 Å². The Labute approximate surface area is 98.6 Å². The van der Waals surface area contributed by atoms with Crippen molar-refractivity contribution in [3.8, 4) is 0 Å². The van der Waals surface area contributed by atoms with Gasteiger partial charge in [0.05, 0.1) is 12.2 Å². The van der Waals surface area contributed by atoms with Crippen molar-refractivity contribution in [1.29, 1.82) is 0 Å². The quantitative estimate of drug-likeness (QED) is 0.852. The fourth-order valence-electron chi connectivity index (χ4n) is 1.84. The molecule has 1 atom stereocenters. The van der Waals surface area contributed by atoms with Crippen LogP contribution in [0.1, 0.15) is 23.7 Å². The second kappa shape index (κ2) is 4.45. The lowest BCUT2D eigenvalue weighted by Crippen LogP contribution is -2.44. The van der Waals surface area contributed by atoms with Crippen LogP contribution in [0.2, 0.25) is 0 Å². The first-order chi connectivity index (χ1) is 8.09. The summed E-state index contributed by atoms with van der Waals surface area (Å²) < 4.78 is 4.96. The molecule has 1 aliphatic rings. The van der Waals surface area contributed by atoms with Crippen LogP contribution in [0.4, 0.5) is 10.5 Å². The van der Waals surface area contributed by atoms with Gasteiger partial charge in [-0.15, -0.1) is 0 Å². The molecule has 5 heteroatoms. The van der Waals surface area contributed by atoms with E-state index in [-0.39, 0.29) is 11.6 Å². The zero-order valence-corrected chi connectivity index (χ0v) is 9.42. The van der Waals surface area contributed by atoms with Crippen molar-refractivity contribution in [2.45, 2.75) is 19.4 Å². The summed E-state index contributed by atoms with van der Waals surface area (Å²) in [6.45, 7) is 2.32. The van der Waals surface area contributed by atoms with Gasteiger partial charge < -0.3 is 9.84 Å². The van der Waals surface area contributed by atoms with E-state index in [2.05, 4.69) is 0 Å². The number of carboxylic acids is 1. The van der Waals surface area contributed by atoms with E-state index in [1.807, 2.05) is 6.92 Å². The summed E-state index contributed by atoms with van der Waals surface area (Å²) in [7, 11) is 0. The number of carbonyl (C=O) groups is 2. The molecular weight excluding hydrogens is 222 g/mol. The highest BCUT2D eigenvalue weighted by Gasteiger charge is 2.28. The highest BCUT2D eigenvalue weighted by Crippen LogP contribution is 2.24. The Morgan fingerprint density at radius 3 is 2.94 bits per heavy atom. The Bertz CT molecular complexity index is 458. The molecule has 0 aromatic heterocycles. The third kappa shape index (κ3) is 2.22. The van der Waals surface area contributed by atoms with Crippen LogP contribution in [0.15, 0.2) is 24.3 Å². The molecule has 5 nitrogen and oxygen atoms in total. The molecule has 1 aliphatic heterocycles. The minimum absolute atomic E-state index is 0.0142. The van der Waals surface area contributed by atoms with Crippen molar-refractivity contribution < 1.29 is 19.4 Å². The highest BCUT2D eigenvalue weighted by atomic mass is 16.6. The zero-order chi connectivity index (χ0) is 12.4. The van der Waals surface area contributed by atoms with E-state index in [1.165, 1.54) is 17.0 Å². The number of ether oxygens (including phenoxy) is 1. The van der Waals surface area contributed by atoms with Crippen molar-refractivity contribution >= 4 is 17.7 Å². The Morgan fingerprint density at radius 2 is 2.29 bits per heavy atom. The van der Waals surface area contributed by atoms with Crippen LogP contribution < -0.4 is 4.90 Å². The van der Waals surface area contributed by atoms with Gasteiger partial charge in [-0.3, -0.25) is 4.90 Å². The summed E-state index contributed by atoms with van der Waals surface area (Å²) in [5.41, 5.74) is 0.718. The van der Waals surface area contributed by atoms with Crippen molar-refractivity contribution in [3.63, 3.8) is 0 Å². The molecule has 1 fully saturated rings. The fourth-order valence-corrected chi connectivity index (χ4v) is 1.84. The largest absolute Gasteiger partial charge is 0.478 e. The fraction of sp³-hybridized carbons (Fsp3) is 0.333. The molecule has 0 spiro atoms. The monoisotopic (exact) mass is 235 g/mol. The molecule has 90 valence electrons. The number of rotatable bonds is 2. The van der Waals surface area contributed by atoms with Crippen molar-refractivity contribution in [3.05, 3.63) is 29.8 Å². The highest BCUT2D eigenvalue weighted by molar-refractivity contribution is 5.93. The molecule has 1 heterocycles. The Hall–Kier alpha value is -2.04. The number of carboxylic acid groups (broad SMARTS) is 1. The maximum absolute atomic E-state index is 11.6. The van der Waals surface area contributed by atoms with Gasteiger partial charge in [0, 0.05) is 18.2 Å². The summed E-state index contributed by atoms with van der Waals surface area (Å²) in [5.74, 6) is -1.01. The topological polar surface area (TPSA) is 66.8 Å². The molecular formula is C12H13NO4. The van der Waals surface area contributed by atoms with Gasteiger partial charge in [-0.1, -0.05) is 6.07 Å². The lowest BCUT2D eigenvalue weighted by molar-refractivity contribution is 0.0696. The summed E-state index contributed by atoms with van der Waals surface area (Å²) in [6, 6.07) is 6.31. The number of anilines is 1. The number of nitrogens with zero attached hydrogens (tertiary/aromatic N) is 1. The van der Waals surface area contributed by atoms with Crippen molar-refractivity contribution in [2.24, 2.45) is 0 Å². The molecule has 0 bridgehead atoms. The molecule has 0 radical (unpaired) electrons. The second-order valence-corrected chi connectivity index (χ2v) is 3.98. The first-order valence-corrected chi connectivity index (χ1v) is 5.39. The van der Waals surface area contributed by atoms with Gasteiger partial charge in [0.1, 0.15) is 0 Å². The van der Waals surface area contributed by atoms with E-state index < -0.39 is 12.1 Å². The van der Waals surface area contributed by atoms with Crippen LogP contribution in [-0.2, 0) is 4.74 Å². The predicted molar refractivity (Wildman–Crippen MR) is 61.3 cm³/mol. The van der Waals surface area contributed by atoms with Gasteiger partial charge in [-0.05, 0) is 25.1 Å². The molecule has 2 rings (SSSR count). The van der Waals surface area contributed by atoms with Crippen molar-refractivity contribution in [1.82, 2.24) is 0 Å². The number of hydrogen-bond donors (Lipinski definition) is 1. The number of benzene rings is 1. The minimum Gasteiger partial charge on any atom is -0.478 e. The third-order valence-corrected chi connectivity index (χ3v) is 2.77. The second-order valence-electron chi connectivity index (χ2n) is 3.98. The van der Waals surface area contributed by atoms with E-state index in [0.717, 1.165) is 6.42 Å². The Morgan fingerprint density at radius 1 is 1.53 bits per heavy atom. The minimum atomic E-state index is -1.01. The van der Waals surface area contributed by atoms with Gasteiger partial charge in [-0.25, -0.2) is 9.59 Å². The van der Waals surface area contributed by atoms with Crippen LogP contribution in [0.3, 0.4) is 0 Å². The van der Waals surface area contributed by atoms with E-state index in [4.69, 9.17) is 9.84 Å². The number of hydrogen-bond acceptors (Lipinski definition) is 3. The third-order valence-electron chi connectivity index (χ3n) is 2.77. The molecule has 0 aliphatic carbocycles. The van der Waals surface area contributed by atoms with Crippen LogP contribution >= 0.6 is 0 Å². The molecule has 1 saturated heterocycles. The van der Waals surface area contributed by atoms with Gasteiger partial charge in [-0.2, -0.15) is 0 Å². The average Bonchev–Trinajstić information content (AvgIpc) is 2.29. The van der Waals surface area contributed by atoms with Crippen LogP contribution in [0.25, 0.3) is 0 Å². The zero-order valence-electron chi connectivity index (χ0n) is 9.42. The lowest BCUT2D eigenvalue weighted by Gasteiger charge is -2.32. The van der Waals surface area contributed by atoms with Crippen LogP contribution in [-0.4, -0.2) is 29.8 Å². The van der Waals surface area contributed by atoms with Gasteiger partial charge in [0.2, 0.25) is 0 Å². The van der Waals surface area contributed by atoms with Gasteiger partial charge in [0.25, 0.3) is 0 Å². The smallest absolute Gasteiger partial charge is 0.414 e. The van der Waals surface area contributed by atoms with Crippen LogP contribution in [0.5, 0.6) is 0 Å². The Kier molecular flexibility index (Phi) is 2.99. The maximum Gasteiger partial charge on any atom is 0.414 e. The molecule has 1 N–H and O–H groups in total. The first kappa shape index (κ1) is 11.4. The molecule has 17 heavy (non-hydrogen) atoms. The molecule has 1 aromatic rings. The van der Waals surface area contributed by atoms with Gasteiger partial charge in [0.15, 0.2) is 0 Å². The predicted octanol–water partition coefficient (Wildman–Crippen LogP) is 2.12. The Balaban J connectivity index is 2.35. The van der Waals surface area contributed by atoms with E-state index in [1.54, 1.807) is 12.1 Å². The van der Waals surface area contributed by atoms with E-state index >= 15 is 0 Å². The lowest BCUT2D eigenvalue weighted by atomic mass is 10.1. The normalized spacial score (nSPS) is 19.9. The summed E-state index contributed by atoms with van der Waals surface area (Å²) in [4.78, 5) is 24.0. The molecule has 1 aromatic carbocycles. The van der Waals surface area contributed by atoms with E-state index in [0.29, 0.717) is 12.3 Å². The summed E-state index contributed by atoms with van der Waals surface area (Å²) in [5, 5.41) is 8.90. The average molecular weight is 235 g/mol. The summed E-state index contributed by atoms with van der Waals surface area (Å²) in [6.07, 6.45) is 0.314. The number of cyclic esters (lactones) is 1. The standard InChI is InChI=1S/C12H13NO4/c1-8-5-6-17-12(16)13(8)10-4-2-3-9(7-10)11(14)15/h2-4,7-8H,5-6H2,1H3,(H,14,15). The number of carbonyl (C=O) groups excluding carboxylic acids is 1.